The van der Waals surface area contributed by atoms with Crippen LogP contribution in [0.1, 0.15) is 6.42 Å². The zero-order valence-corrected chi connectivity index (χ0v) is 14.9. The van der Waals surface area contributed by atoms with E-state index in [0.29, 0.717) is 13.0 Å². The van der Waals surface area contributed by atoms with Crippen LogP contribution in [0.3, 0.4) is 0 Å². The molecule has 1 unspecified atom stereocenters. The number of amides is 1. The lowest BCUT2D eigenvalue weighted by molar-refractivity contribution is -0.132. The molecule has 1 aromatic heterocycles. The maximum atomic E-state index is 12.4. The first-order chi connectivity index (χ1) is 10.9. The molecule has 1 aromatic rings. The number of likely N-dealkylation sites (N-methyl/N-ethyl adjacent to an activating group) is 1. The Balaban J connectivity index is 1.47. The van der Waals surface area contributed by atoms with E-state index in [1.807, 2.05) is 5.38 Å². The highest BCUT2D eigenvalue weighted by Gasteiger charge is 2.33. The lowest BCUT2D eigenvalue weighted by Crippen LogP contribution is -2.51. The first kappa shape index (κ1) is 16.7. The van der Waals surface area contributed by atoms with Gasteiger partial charge in [0.15, 0.2) is 15.0 Å². The van der Waals surface area contributed by atoms with E-state index in [0.717, 1.165) is 31.3 Å². The zero-order valence-electron chi connectivity index (χ0n) is 13.2. The molecule has 0 bridgehead atoms. The number of aromatic nitrogens is 1. The van der Waals surface area contributed by atoms with E-state index in [1.165, 1.54) is 0 Å². The summed E-state index contributed by atoms with van der Waals surface area (Å²) >= 11 is 1.63. The molecule has 1 atom stereocenters. The maximum absolute atomic E-state index is 12.4. The minimum absolute atomic E-state index is 0.00907. The molecule has 2 saturated heterocycles. The predicted molar refractivity (Wildman–Crippen MR) is 90.6 cm³/mol. The van der Waals surface area contributed by atoms with Gasteiger partial charge in [0, 0.05) is 50.8 Å². The fourth-order valence-corrected chi connectivity index (χ4v) is 5.53. The largest absolute Gasteiger partial charge is 0.346 e. The van der Waals surface area contributed by atoms with Gasteiger partial charge in [0.1, 0.15) is 0 Å². The zero-order chi connectivity index (χ0) is 16.4. The Bertz CT molecular complexity index is 639. The number of hydrogen-bond acceptors (Lipinski definition) is 7. The fourth-order valence-electron chi connectivity index (χ4n) is 3.06. The van der Waals surface area contributed by atoms with Gasteiger partial charge in [0.2, 0.25) is 5.91 Å². The number of hydrogen-bond donors (Lipinski definition) is 0. The van der Waals surface area contributed by atoms with Gasteiger partial charge in [-0.1, -0.05) is 0 Å². The number of nitrogens with zero attached hydrogens (tertiary/aromatic N) is 4. The predicted octanol–water partition coefficient (Wildman–Crippen LogP) is -0.0894. The summed E-state index contributed by atoms with van der Waals surface area (Å²) in [7, 11) is -1.24. The Kier molecular flexibility index (Phi) is 4.88. The van der Waals surface area contributed by atoms with E-state index in [4.69, 9.17) is 0 Å². The summed E-state index contributed by atoms with van der Waals surface area (Å²) in [5.41, 5.74) is 0. The van der Waals surface area contributed by atoms with E-state index in [2.05, 4.69) is 14.8 Å². The van der Waals surface area contributed by atoms with Gasteiger partial charge in [0.05, 0.1) is 18.1 Å². The van der Waals surface area contributed by atoms with Crippen molar-refractivity contribution >= 4 is 32.2 Å². The Morgan fingerprint density at radius 3 is 2.70 bits per heavy atom. The van der Waals surface area contributed by atoms with Crippen molar-refractivity contribution in [1.29, 1.82) is 0 Å². The Morgan fingerprint density at radius 2 is 2.13 bits per heavy atom. The molecule has 0 spiro atoms. The number of anilines is 1. The number of carbonyl (C=O) groups excluding carboxylic acids is 1. The van der Waals surface area contributed by atoms with Gasteiger partial charge in [0.25, 0.3) is 0 Å². The maximum Gasteiger partial charge on any atom is 0.236 e. The van der Waals surface area contributed by atoms with Gasteiger partial charge in [-0.2, -0.15) is 0 Å². The smallest absolute Gasteiger partial charge is 0.236 e. The van der Waals surface area contributed by atoms with Crippen molar-refractivity contribution in [3.05, 3.63) is 11.6 Å². The van der Waals surface area contributed by atoms with Crippen LogP contribution in [0.4, 0.5) is 5.13 Å². The first-order valence-corrected chi connectivity index (χ1v) is 10.5. The van der Waals surface area contributed by atoms with Crippen molar-refractivity contribution in [2.75, 3.05) is 56.2 Å². The molecule has 0 aliphatic carbocycles. The molecule has 9 heteroatoms. The second-order valence-corrected chi connectivity index (χ2v) is 9.24. The summed E-state index contributed by atoms with van der Waals surface area (Å²) in [6, 6.07) is -0.163. The van der Waals surface area contributed by atoms with Crippen LogP contribution in [0.25, 0.3) is 0 Å². The molecule has 1 amide bonds. The van der Waals surface area contributed by atoms with E-state index in [1.54, 1.807) is 29.5 Å². The van der Waals surface area contributed by atoms with Gasteiger partial charge in [-0.15, -0.1) is 11.3 Å². The third-order valence-corrected chi connectivity index (χ3v) is 7.15. The van der Waals surface area contributed by atoms with Gasteiger partial charge in [-0.05, 0) is 6.42 Å². The molecule has 0 N–H and O–H groups in total. The van der Waals surface area contributed by atoms with Gasteiger partial charge in [-0.3, -0.25) is 9.69 Å². The molecule has 0 saturated carbocycles. The van der Waals surface area contributed by atoms with Gasteiger partial charge < -0.3 is 9.80 Å². The molecular formula is C14H22N4O3S2. The van der Waals surface area contributed by atoms with Crippen molar-refractivity contribution in [3.8, 4) is 0 Å². The molecule has 2 aliphatic rings. The van der Waals surface area contributed by atoms with Crippen LogP contribution in [0.5, 0.6) is 0 Å². The quantitative estimate of drug-likeness (QED) is 0.749. The average Bonchev–Trinajstić information content (AvgIpc) is 3.16. The van der Waals surface area contributed by atoms with Crippen molar-refractivity contribution in [3.63, 3.8) is 0 Å². The number of sulfone groups is 1. The Hall–Kier alpha value is -1.19. The van der Waals surface area contributed by atoms with Crippen LogP contribution in [0.15, 0.2) is 11.6 Å². The lowest BCUT2D eigenvalue weighted by atomic mass is 10.2. The Labute approximate surface area is 140 Å². The van der Waals surface area contributed by atoms with E-state index in [9.17, 15) is 13.2 Å². The number of rotatable bonds is 4. The topological polar surface area (TPSA) is 73.8 Å². The average molecular weight is 358 g/mol. The second kappa shape index (κ2) is 6.74. The van der Waals surface area contributed by atoms with Crippen molar-refractivity contribution in [2.45, 2.75) is 12.5 Å². The number of piperazine rings is 1. The normalized spacial score (nSPS) is 24.7. The monoisotopic (exact) mass is 358 g/mol. The highest BCUT2D eigenvalue weighted by molar-refractivity contribution is 7.91. The third-order valence-electron chi connectivity index (χ3n) is 4.57. The standard InChI is InChI=1S/C14H22N4O3S2/c1-16(12-2-9-23(20,21)11-12)13(19)10-17-4-6-18(7-5-17)14-15-3-8-22-14/h3,8,12H,2,4-7,9-11H2,1H3. The Morgan fingerprint density at radius 1 is 1.39 bits per heavy atom. The number of thiazole rings is 1. The SMILES string of the molecule is CN(C(=O)CN1CCN(c2nccs2)CC1)C1CCS(=O)(=O)C1. The summed E-state index contributed by atoms with van der Waals surface area (Å²) in [5, 5.41) is 3.00. The first-order valence-electron chi connectivity index (χ1n) is 7.77. The summed E-state index contributed by atoms with van der Waals surface area (Å²) in [5.74, 6) is 0.310. The van der Waals surface area contributed by atoms with Crippen LogP contribution in [0, 0.1) is 0 Å². The molecule has 2 fully saturated rings. The van der Waals surface area contributed by atoms with Crippen molar-refractivity contribution in [1.82, 2.24) is 14.8 Å². The van der Waals surface area contributed by atoms with Crippen molar-refractivity contribution < 1.29 is 13.2 Å². The minimum Gasteiger partial charge on any atom is -0.346 e. The van der Waals surface area contributed by atoms with E-state index < -0.39 is 9.84 Å². The van der Waals surface area contributed by atoms with Gasteiger partial charge >= 0.3 is 0 Å². The molecule has 128 valence electrons. The molecule has 2 aliphatic heterocycles. The highest BCUT2D eigenvalue weighted by atomic mass is 32.2. The van der Waals surface area contributed by atoms with E-state index in [-0.39, 0.29) is 23.5 Å². The summed E-state index contributed by atoms with van der Waals surface area (Å²) in [6.07, 6.45) is 2.36. The van der Waals surface area contributed by atoms with Crippen LogP contribution in [-0.2, 0) is 14.6 Å². The molecule has 7 nitrogen and oxygen atoms in total. The summed E-state index contributed by atoms with van der Waals surface area (Å²) < 4.78 is 23.1. The second-order valence-electron chi connectivity index (χ2n) is 6.14. The van der Waals surface area contributed by atoms with Crippen molar-refractivity contribution in [2.24, 2.45) is 0 Å². The fraction of sp³-hybridized carbons (Fsp3) is 0.714. The molecule has 0 radical (unpaired) electrons. The van der Waals surface area contributed by atoms with Crippen LogP contribution in [0.2, 0.25) is 0 Å². The molecular weight excluding hydrogens is 336 g/mol. The summed E-state index contributed by atoms with van der Waals surface area (Å²) in [4.78, 5) is 22.7. The molecule has 3 heterocycles. The third kappa shape index (κ3) is 4.02. The lowest BCUT2D eigenvalue weighted by Gasteiger charge is -2.35. The molecule has 3 rings (SSSR count). The van der Waals surface area contributed by atoms with E-state index >= 15 is 0 Å². The summed E-state index contributed by atoms with van der Waals surface area (Å²) in [6.45, 7) is 3.73. The molecule has 23 heavy (non-hydrogen) atoms. The van der Waals surface area contributed by atoms with Crippen LogP contribution < -0.4 is 4.90 Å². The van der Waals surface area contributed by atoms with Gasteiger partial charge in [-0.25, -0.2) is 13.4 Å². The van der Waals surface area contributed by atoms with Crippen LogP contribution >= 0.6 is 11.3 Å². The highest BCUT2D eigenvalue weighted by Crippen LogP contribution is 2.19. The number of carbonyl (C=O) groups is 1. The van der Waals surface area contributed by atoms with Crippen LogP contribution in [-0.4, -0.2) is 86.4 Å². The minimum atomic E-state index is -2.96. The molecule has 0 aromatic carbocycles.